The van der Waals surface area contributed by atoms with Crippen molar-refractivity contribution < 1.29 is 52.9 Å². The maximum absolute atomic E-state index is 14.5. The zero-order valence-electron chi connectivity index (χ0n) is 46.2. The largest absolute Gasteiger partial charge is 0.480 e. The number of aromatic nitrogens is 1. The number of primary amides is 1. The van der Waals surface area contributed by atoms with E-state index in [1.165, 1.54) is 12.0 Å². The summed E-state index contributed by atoms with van der Waals surface area (Å²) in [4.78, 5) is 116. The van der Waals surface area contributed by atoms with Crippen LogP contribution in [0.2, 0.25) is 0 Å². The molecule has 0 saturated carbocycles. The maximum Gasteiger partial charge on any atom is 0.321 e. The van der Waals surface area contributed by atoms with Crippen LogP contribution in [0.25, 0.3) is 10.9 Å². The summed E-state index contributed by atoms with van der Waals surface area (Å²) < 4.78 is 12.1. The van der Waals surface area contributed by atoms with Gasteiger partial charge in [0.25, 0.3) is 0 Å². The number of carboxylic acids is 1. The summed E-state index contributed by atoms with van der Waals surface area (Å²) in [7, 11) is 6.78. The monoisotopic (exact) mass is 1070 g/mol. The van der Waals surface area contributed by atoms with E-state index in [0.717, 1.165) is 47.5 Å². The molecule has 4 rings (SSSR count). The van der Waals surface area contributed by atoms with Gasteiger partial charge in [0.15, 0.2) is 0 Å². The van der Waals surface area contributed by atoms with Gasteiger partial charge in [-0.05, 0) is 75.7 Å². The molecule has 2 aromatic rings. The third kappa shape index (κ3) is 16.5. The molecule has 2 aliphatic heterocycles. The first-order valence-corrected chi connectivity index (χ1v) is 27.7. The fraction of sp³-hybridized carbons (Fsp3) is 0.704. The summed E-state index contributed by atoms with van der Waals surface area (Å²) in [5.74, 6) is -4.99. The van der Waals surface area contributed by atoms with Crippen molar-refractivity contribution in [1.29, 1.82) is 0 Å². The Bertz CT molecular complexity index is 2260. The van der Waals surface area contributed by atoms with Crippen LogP contribution >= 0.6 is 11.8 Å². The summed E-state index contributed by atoms with van der Waals surface area (Å²) in [5.41, 5.74) is 13.1. The number of carbonyl (C=O) groups is 8. The van der Waals surface area contributed by atoms with Gasteiger partial charge in [0, 0.05) is 69.0 Å². The molecule has 0 bridgehead atoms. The summed E-state index contributed by atoms with van der Waals surface area (Å²) in [6.07, 6.45) is 5.56. The maximum atomic E-state index is 14.5. The number of likely N-dealkylation sites (N-methyl/N-ethyl adjacent to an activating group) is 2. The third-order valence-corrected chi connectivity index (χ3v) is 16.6. The highest BCUT2D eigenvalue weighted by atomic mass is 32.2. The first-order chi connectivity index (χ1) is 35.5. The molecule has 2 aliphatic rings. The molecule has 0 spiro atoms. The minimum atomic E-state index is -1.16. The van der Waals surface area contributed by atoms with Crippen LogP contribution in [0, 0.1) is 23.7 Å². The number of ether oxygens (including phenoxy) is 2. The molecule has 11 atom stereocenters. The predicted octanol–water partition coefficient (Wildman–Crippen LogP) is 3.53. The molecule has 3 heterocycles. The Kier molecular flexibility index (Phi) is 24.7. The number of hydrogen-bond donors (Lipinski definition) is 6. The van der Waals surface area contributed by atoms with Crippen LogP contribution in [0.15, 0.2) is 30.5 Å². The number of likely N-dealkylation sites (tertiary alicyclic amines) is 2. The SMILES string of the molecule is CC[C@H](C)[C@@H]([C@@H](CC(=O)N1CCC[C@H]1[C@H](OC)[C@@H](C)C(=O)N[C@@H](Cc1c[nH]c2ccccc12)C(N)=O)OC)N(C)[C@H](C(=O)NC(=O)[C@H](C(C)C)N(C)CCCCCCN1C(=O)CC(SC[C@H](N)C(=O)O)C1=O)C(C)C. The van der Waals surface area contributed by atoms with Gasteiger partial charge in [0.05, 0.1) is 47.9 Å². The van der Waals surface area contributed by atoms with Gasteiger partial charge >= 0.3 is 5.97 Å². The van der Waals surface area contributed by atoms with Crippen LogP contribution in [0.5, 0.6) is 0 Å². The van der Waals surface area contributed by atoms with Crippen molar-refractivity contribution in [2.75, 3.05) is 53.7 Å². The molecule has 75 heavy (non-hydrogen) atoms. The normalized spacial score (nSPS) is 19.8. The second-order valence-corrected chi connectivity index (χ2v) is 22.5. The van der Waals surface area contributed by atoms with Crippen molar-refractivity contribution in [3.8, 4) is 0 Å². The second kappa shape index (κ2) is 29.5. The highest BCUT2D eigenvalue weighted by molar-refractivity contribution is 8.00. The standard InChI is InChI=1S/C54H87N9O11S/c1-12-33(6)47(41(73-10)27-43(64)62-25-19-22-40(62)48(74-11)34(7)50(67)58-39(49(56)66)26-35-29-57-38-21-16-15-20-36(35)38)61(9)46(32(4)5)52(69)59-51(68)45(31(2)3)60(8)23-17-13-14-18-24-63-44(65)28-42(53(63)70)75-30-37(55)54(71)72/h15-16,20-21,29,31-34,37,39-42,45-48,57H,12-14,17-19,22-28,30,55H2,1-11H3,(H2,56,66)(H,58,67)(H,71,72)(H,59,68,69)/t33-,34+,37-,39-,40-,41+,42?,45-,46-,47-,48+/m0/s1. The molecule has 21 heteroatoms. The Morgan fingerprint density at radius 2 is 1.57 bits per heavy atom. The lowest BCUT2D eigenvalue weighted by atomic mass is 9.87. The van der Waals surface area contributed by atoms with E-state index < -0.39 is 89.2 Å². The number of nitrogens with zero attached hydrogens (tertiary/aromatic N) is 4. The van der Waals surface area contributed by atoms with Gasteiger partial charge in [0.1, 0.15) is 12.1 Å². The van der Waals surface area contributed by atoms with Crippen molar-refractivity contribution in [2.45, 2.75) is 166 Å². The van der Waals surface area contributed by atoms with Gasteiger partial charge < -0.3 is 41.2 Å². The van der Waals surface area contributed by atoms with Crippen LogP contribution in [0.1, 0.15) is 112 Å². The number of para-hydroxylation sites is 1. The summed E-state index contributed by atoms with van der Waals surface area (Å²) in [5, 5.41) is 15.0. The van der Waals surface area contributed by atoms with Crippen molar-refractivity contribution in [3.05, 3.63) is 36.0 Å². The molecule has 1 aromatic heterocycles. The number of aliphatic carboxylic acids is 1. The molecule has 7 amide bonds. The number of nitrogens with one attached hydrogen (secondary N) is 3. The molecule has 0 radical (unpaired) electrons. The molecule has 2 fully saturated rings. The van der Waals surface area contributed by atoms with Gasteiger partial charge in [-0.1, -0.05) is 85.9 Å². The number of methoxy groups -OCH3 is 2. The molecule has 2 saturated heterocycles. The number of fused-ring (bicyclic) bond motifs is 1. The van der Waals surface area contributed by atoms with Gasteiger partial charge in [0.2, 0.25) is 41.4 Å². The lowest BCUT2D eigenvalue weighted by molar-refractivity contribution is -0.145. The molecular weight excluding hydrogens is 983 g/mol. The number of unbranched alkanes of at least 4 members (excludes halogenated alkanes) is 3. The Morgan fingerprint density at radius 1 is 0.920 bits per heavy atom. The van der Waals surface area contributed by atoms with E-state index in [2.05, 4.69) is 22.5 Å². The van der Waals surface area contributed by atoms with Crippen molar-refractivity contribution in [3.63, 3.8) is 0 Å². The number of nitrogens with two attached hydrogens (primary N) is 2. The first kappa shape index (κ1) is 62.6. The quantitative estimate of drug-likeness (QED) is 0.0452. The van der Waals surface area contributed by atoms with Gasteiger partial charge in [-0.25, -0.2) is 0 Å². The lowest BCUT2D eigenvalue weighted by Crippen LogP contribution is -2.60. The average Bonchev–Trinajstić information content (AvgIpc) is 4.08. The minimum absolute atomic E-state index is 0.0107. The number of benzene rings is 1. The van der Waals surface area contributed by atoms with Gasteiger partial charge in [-0.15, -0.1) is 11.8 Å². The Labute approximate surface area is 447 Å². The first-order valence-electron chi connectivity index (χ1n) is 26.7. The number of carboxylic acid groups (broad SMARTS) is 1. The number of carbonyl (C=O) groups excluding carboxylic acids is 7. The second-order valence-electron chi connectivity index (χ2n) is 21.3. The number of imide groups is 2. The number of amides is 7. The zero-order valence-corrected chi connectivity index (χ0v) is 47.0. The summed E-state index contributed by atoms with van der Waals surface area (Å²) in [6.45, 7) is 14.8. The molecular formula is C54H87N9O11S. The predicted molar refractivity (Wildman–Crippen MR) is 289 cm³/mol. The van der Waals surface area contributed by atoms with Crippen molar-refractivity contribution >= 4 is 70.0 Å². The minimum Gasteiger partial charge on any atom is -0.480 e. The highest BCUT2D eigenvalue weighted by Gasteiger charge is 2.44. The van der Waals surface area contributed by atoms with Crippen molar-refractivity contribution in [1.82, 2.24) is 35.2 Å². The number of aromatic amines is 1. The van der Waals surface area contributed by atoms with E-state index in [0.29, 0.717) is 38.8 Å². The van der Waals surface area contributed by atoms with E-state index >= 15 is 0 Å². The fourth-order valence-corrected chi connectivity index (χ4v) is 12.2. The Balaban J connectivity index is 1.36. The zero-order chi connectivity index (χ0) is 55.8. The number of H-pyrrole nitrogens is 1. The molecule has 1 aromatic carbocycles. The Hall–Kier alpha value is -4.93. The van der Waals surface area contributed by atoms with E-state index in [4.69, 9.17) is 26.0 Å². The van der Waals surface area contributed by atoms with E-state index in [-0.39, 0.29) is 67.0 Å². The van der Waals surface area contributed by atoms with Crippen LogP contribution in [-0.4, -0.2) is 184 Å². The molecule has 8 N–H and O–H groups in total. The van der Waals surface area contributed by atoms with Crippen LogP contribution in [0.3, 0.4) is 0 Å². The third-order valence-electron chi connectivity index (χ3n) is 15.3. The van der Waals surface area contributed by atoms with E-state index in [9.17, 15) is 38.4 Å². The molecule has 1 unspecified atom stereocenters. The van der Waals surface area contributed by atoms with E-state index in [1.807, 2.05) is 89.0 Å². The number of hydrogen-bond acceptors (Lipinski definition) is 14. The van der Waals surface area contributed by atoms with Crippen molar-refractivity contribution in [2.24, 2.45) is 35.1 Å². The summed E-state index contributed by atoms with van der Waals surface area (Å²) >= 11 is 1.10. The summed E-state index contributed by atoms with van der Waals surface area (Å²) in [6, 6.07) is 3.36. The molecule has 420 valence electrons. The van der Waals surface area contributed by atoms with Crippen LogP contribution in [-0.2, 0) is 54.3 Å². The topological polar surface area (TPSA) is 280 Å². The fourth-order valence-electron chi connectivity index (χ4n) is 11.1. The molecule has 20 nitrogen and oxygen atoms in total. The van der Waals surface area contributed by atoms with Crippen LogP contribution < -0.4 is 22.1 Å². The highest BCUT2D eigenvalue weighted by Crippen LogP contribution is 2.31. The molecule has 0 aliphatic carbocycles. The average molecular weight is 1070 g/mol. The number of rotatable bonds is 32. The van der Waals surface area contributed by atoms with Gasteiger partial charge in [-0.2, -0.15) is 0 Å². The van der Waals surface area contributed by atoms with Gasteiger partial charge in [-0.3, -0.25) is 58.4 Å². The van der Waals surface area contributed by atoms with Crippen LogP contribution in [0.4, 0.5) is 0 Å². The Morgan fingerprint density at radius 3 is 2.19 bits per heavy atom. The van der Waals surface area contributed by atoms with E-state index in [1.54, 1.807) is 18.9 Å². The smallest absolute Gasteiger partial charge is 0.321 e. The lowest BCUT2D eigenvalue weighted by Gasteiger charge is -2.43. The number of thioether (sulfide) groups is 1.